The third-order valence-electron chi connectivity index (χ3n) is 4.35. The van der Waals surface area contributed by atoms with Crippen LogP contribution in [0.1, 0.15) is 32.6 Å². The topological polar surface area (TPSA) is 102 Å². The van der Waals surface area contributed by atoms with Crippen LogP contribution >= 0.6 is 0 Å². The maximum Gasteiger partial charge on any atom is 0.321 e. The number of carbonyl (C=O) groups is 2. The van der Waals surface area contributed by atoms with E-state index in [1.54, 1.807) is 0 Å². The number of amides is 1. The van der Waals surface area contributed by atoms with Gasteiger partial charge in [0.15, 0.2) is 6.61 Å². The Labute approximate surface area is 152 Å². The summed E-state index contributed by atoms with van der Waals surface area (Å²) in [4.78, 5) is 23.3. The Morgan fingerprint density at radius 2 is 1.85 bits per heavy atom. The van der Waals surface area contributed by atoms with Crippen LogP contribution in [0, 0.1) is 11.7 Å². The van der Waals surface area contributed by atoms with Gasteiger partial charge in [0.1, 0.15) is 12.4 Å². The number of rotatable bonds is 7. The van der Waals surface area contributed by atoms with Crippen LogP contribution < -0.4 is 10.0 Å². The molecule has 0 heterocycles. The van der Waals surface area contributed by atoms with E-state index in [0.29, 0.717) is 5.92 Å². The highest BCUT2D eigenvalue weighted by Crippen LogP contribution is 2.23. The molecule has 144 valence electrons. The van der Waals surface area contributed by atoms with E-state index in [1.807, 2.05) is 0 Å². The van der Waals surface area contributed by atoms with Gasteiger partial charge < -0.3 is 10.1 Å². The van der Waals surface area contributed by atoms with Crippen LogP contribution in [0.25, 0.3) is 0 Å². The van der Waals surface area contributed by atoms with Crippen LogP contribution in [0.15, 0.2) is 29.2 Å². The van der Waals surface area contributed by atoms with E-state index in [9.17, 15) is 22.4 Å². The third-order valence-corrected chi connectivity index (χ3v) is 5.77. The number of hydrogen-bond acceptors (Lipinski definition) is 5. The third kappa shape index (κ3) is 6.06. The highest BCUT2D eigenvalue weighted by atomic mass is 32.2. The fraction of sp³-hybridized carbons (Fsp3) is 0.529. The molecule has 0 unspecified atom stereocenters. The molecule has 26 heavy (non-hydrogen) atoms. The summed E-state index contributed by atoms with van der Waals surface area (Å²) in [6.07, 6.45) is 4.16. The number of carbonyl (C=O) groups excluding carboxylic acids is 2. The van der Waals surface area contributed by atoms with Crippen LogP contribution in [0.5, 0.6) is 0 Å². The molecule has 1 aliphatic rings. The molecule has 0 spiro atoms. The van der Waals surface area contributed by atoms with Crippen LogP contribution in [-0.2, 0) is 24.3 Å². The molecular weight excluding hydrogens is 363 g/mol. The first-order valence-corrected chi connectivity index (χ1v) is 9.96. The Bertz CT molecular complexity index is 736. The Morgan fingerprint density at radius 3 is 2.50 bits per heavy atom. The lowest BCUT2D eigenvalue weighted by molar-refractivity contribution is -0.147. The summed E-state index contributed by atoms with van der Waals surface area (Å²) < 4.78 is 43.6. The minimum atomic E-state index is -3.96. The van der Waals surface area contributed by atoms with E-state index >= 15 is 0 Å². The average Bonchev–Trinajstić information content (AvgIpc) is 2.60. The molecule has 1 saturated carbocycles. The second-order valence-corrected chi connectivity index (χ2v) is 8.14. The summed E-state index contributed by atoms with van der Waals surface area (Å²) in [5, 5.41) is 2.84. The Morgan fingerprint density at radius 1 is 1.19 bits per heavy atom. The van der Waals surface area contributed by atoms with Crippen molar-refractivity contribution in [1.29, 1.82) is 0 Å². The van der Waals surface area contributed by atoms with Crippen LogP contribution in [0.4, 0.5) is 4.39 Å². The van der Waals surface area contributed by atoms with Gasteiger partial charge in [0.2, 0.25) is 10.0 Å². The SMILES string of the molecule is C[C@@H]1CCCC[C@@H]1NC(=O)COC(=O)CNS(=O)(=O)c1ccc(F)cc1. The van der Waals surface area contributed by atoms with Crippen molar-refractivity contribution in [3.8, 4) is 0 Å². The lowest BCUT2D eigenvalue weighted by atomic mass is 9.86. The highest BCUT2D eigenvalue weighted by molar-refractivity contribution is 7.89. The second-order valence-electron chi connectivity index (χ2n) is 6.37. The number of hydrogen-bond donors (Lipinski definition) is 2. The lowest BCUT2D eigenvalue weighted by Crippen LogP contribution is -2.43. The number of halogens is 1. The molecule has 2 rings (SSSR count). The van der Waals surface area contributed by atoms with Crippen molar-refractivity contribution in [2.75, 3.05) is 13.2 Å². The molecule has 1 aliphatic carbocycles. The summed E-state index contributed by atoms with van der Waals surface area (Å²) in [5.74, 6) is -1.46. The van der Waals surface area contributed by atoms with Gasteiger partial charge in [0.05, 0.1) is 4.90 Å². The quantitative estimate of drug-likeness (QED) is 0.689. The molecule has 2 N–H and O–H groups in total. The molecular formula is C17H23FN2O5S. The van der Waals surface area contributed by atoms with Crippen molar-refractivity contribution < 1.29 is 27.1 Å². The number of ether oxygens (including phenoxy) is 1. The maximum atomic E-state index is 12.8. The van der Waals surface area contributed by atoms with Crippen LogP contribution in [0.3, 0.4) is 0 Å². The van der Waals surface area contributed by atoms with Crippen molar-refractivity contribution in [1.82, 2.24) is 10.0 Å². The standard InChI is InChI=1S/C17H23FN2O5S/c1-12-4-2-3-5-15(12)20-16(21)11-25-17(22)10-19-26(23,24)14-8-6-13(18)7-9-14/h6-9,12,15,19H,2-5,10-11H2,1H3,(H,20,21)/t12-,15+/m1/s1. The highest BCUT2D eigenvalue weighted by Gasteiger charge is 2.23. The zero-order valence-electron chi connectivity index (χ0n) is 14.5. The van der Waals surface area contributed by atoms with Crippen molar-refractivity contribution >= 4 is 21.9 Å². The van der Waals surface area contributed by atoms with Gasteiger partial charge in [-0.1, -0.05) is 19.8 Å². The van der Waals surface area contributed by atoms with Gasteiger partial charge >= 0.3 is 5.97 Å². The monoisotopic (exact) mass is 386 g/mol. The molecule has 0 aliphatic heterocycles. The normalized spacial score (nSPS) is 20.4. The number of esters is 1. The molecule has 0 bridgehead atoms. The molecule has 1 fully saturated rings. The largest absolute Gasteiger partial charge is 0.455 e. The predicted octanol–water partition coefficient (Wildman–Crippen LogP) is 1.34. The fourth-order valence-electron chi connectivity index (χ4n) is 2.83. The summed E-state index contributed by atoms with van der Waals surface area (Å²) in [7, 11) is -3.96. The molecule has 0 saturated heterocycles. The summed E-state index contributed by atoms with van der Waals surface area (Å²) in [6.45, 7) is 0.994. The van der Waals surface area contributed by atoms with Gasteiger partial charge in [-0.05, 0) is 43.0 Å². The van der Waals surface area contributed by atoms with E-state index in [4.69, 9.17) is 4.74 Å². The molecule has 2 atom stereocenters. The fourth-order valence-corrected chi connectivity index (χ4v) is 3.80. The van der Waals surface area contributed by atoms with Gasteiger partial charge in [-0.2, -0.15) is 4.72 Å². The molecule has 1 aromatic rings. The average molecular weight is 386 g/mol. The Kier molecular flexibility index (Phi) is 7.10. The molecule has 9 heteroatoms. The zero-order chi connectivity index (χ0) is 19.2. The van der Waals surface area contributed by atoms with Crippen LogP contribution in [-0.4, -0.2) is 39.5 Å². The molecule has 7 nitrogen and oxygen atoms in total. The Balaban J connectivity index is 1.74. The van der Waals surface area contributed by atoms with Crippen molar-refractivity contribution in [3.05, 3.63) is 30.1 Å². The zero-order valence-corrected chi connectivity index (χ0v) is 15.4. The lowest BCUT2D eigenvalue weighted by Gasteiger charge is -2.29. The number of sulfonamides is 1. The molecule has 0 aromatic heterocycles. The van der Waals surface area contributed by atoms with Gasteiger partial charge in [-0.25, -0.2) is 12.8 Å². The smallest absolute Gasteiger partial charge is 0.321 e. The minimum Gasteiger partial charge on any atom is -0.455 e. The summed E-state index contributed by atoms with van der Waals surface area (Å²) >= 11 is 0. The number of nitrogens with one attached hydrogen (secondary N) is 2. The van der Waals surface area contributed by atoms with Gasteiger partial charge in [0, 0.05) is 6.04 Å². The summed E-state index contributed by atoms with van der Waals surface area (Å²) in [5.41, 5.74) is 0. The van der Waals surface area contributed by atoms with Gasteiger partial charge in [-0.15, -0.1) is 0 Å². The molecule has 0 radical (unpaired) electrons. The van der Waals surface area contributed by atoms with E-state index in [2.05, 4.69) is 17.0 Å². The van der Waals surface area contributed by atoms with Crippen molar-refractivity contribution in [3.63, 3.8) is 0 Å². The molecule has 1 amide bonds. The summed E-state index contributed by atoms with van der Waals surface area (Å²) in [6, 6.07) is 4.25. The van der Waals surface area contributed by atoms with Gasteiger partial charge in [-0.3, -0.25) is 9.59 Å². The minimum absolute atomic E-state index is 0.0759. The molecule has 1 aromatic carbocycles. The first-order chi connectivity index (χ1) is 12.3. The maximum absolute atomic E-state index is 12.8. The first-order valence-electron chi connectivity index (χ1n) is 8.48. The first kappa shape index (κ1) is 20.3. The van der Waals surface area contributed by atoms with Crippen molar-refractivity contribution in [2.24, 2.45) is 5.92 Å². The van der Waals surface area contributed by atoms with E-state index in [-0.39, 0.29) is 10.9 Å². The van der Waals surface area contributed by atoms with Gasteiger partial charge in [0.25, 0.3) is 5.91 Å². The predicted molar refractivity (Wildman–Crippen MR) is 92.1 cm³/mol. The van der Waals surface area contributed by atoms with Crippen molar-refractivity contribution in [2.45, 2.75) is 43.5 Å². The Hall–Kier alpha value is -2.00. The van der Waals surface area contributed by atoms with E-state index in [0.717, 1.165) is 49.9 Å². The van der Waals surface area contributed by atoms with E-state index in [1.165, 1.54) is 0 Å². The van der Waals surface area contributed by atoms with Crippen LogP contribution in [0.2, 0.25) is 0 Å². The second kappa shape index (κ2) is 9.09. The van der Waals surface area contributed by atoms with E-state index < -0.39 is 40.9 Å². The number of benzene rings is 1.